The maximum atomic E-state index is 12.4. The van der Waals surface area contributed by atoms with Crippen molar-refractivity contribution >= 4 is 17.3 Å². The van der Waals surface area contributed by atoms with E-state index in [-0.39, 0.29) is 11.6 Å². The quantitative estimate of drug-likeness (QED) is 0.496. The first-order valence-corrected chi connectivity index (χ1v) is 7.78. The number of carbonyl (C=O) groups excluding carboxylic acids is 1. The number of hydrogen-bond donors (Lipinski definition) is 1. The molecule has 2 rings (SSSR count). The number of methoxy groups -OCH3 is 1. The van der Waals surface area contributed by atoms with E-state index >= 15 is 0 Å². The van der Waals surface area contributed by atoms with Gasteiger partial charge in [-0.05, 0) is 31.7 Å². The van der Waals surface area contributed by atoms with E-state index in [1.54, 1.807) is 0 Å². The van der Waals surface area contributed by atoms with E-state index in [0.29, 0.717) is 28.5 Å². The molecule has 0 heterocycles. The third-order valence-electron chi connectivity index (χ3n) is 4.53. The summed E-state index contributed by atoms with van der Waals surface area (Å²) in [6, 6.07) is 4.69. The standard InChI is InChI=1S/C16H23N3O4/c1-19(2,13-6-4-5-7-13)11-16(20)17-14-9-8-12(18(21)22)10-15(14)23-3/h8-10,13H,4-7,11H2,1-3H3/p+1. The Morgan fingerprint density at radius 1 is 1.39 bits per heavy atom. The van der Waals surface area contributed by atoms with Gasteiger partial charge in [-0.3, -0.25) is 14.9 Å². The smallest absolute Gasteiger partial charge is 0.279 e. The Kier molecular flexibility index (Phi) is 5.20. The summed E-state index contributed by atoms with van der Waals surface area (Å²) in [7, 11) is 5.57. The van der Waals surface area contributed by atoms with Gasteiger partial charge < -0.3 is 14.5 Å². The van der Waals surface area contributed by atoms with E-state index in [1.165, 1.54) is 38.2 Å². The molecule has 0 spiro atoms. The molecule has 1 saturated carbocycles. The Hall–Kier alpha value is -2.15. The lowest BCUT2D eigenvalue weighted by Gasteiger charge is -2.35. The third-order valence-corrected chi connectivity index (χ3v) is 4.53. The van der Waals surface area contributed by atoms with E-state index in [2.05, 4.69) is 19.4 Å². The van der Waals surface area contributed by atoms with Crippen molar-refractivity contribution in [2.45, 2.75) is 31.7 Å². The average molecular weight is 322 g/mol. The molecule has 126 valence electrons. The minimum absolute atomic E-state index is 0.0677. The third kappa shape index (κ3) is 4.19. The van der Waals surface area contributed by atoms with E-state index in [1.807, 2.05) is 0 Å². The van der Waals surface area contributed by atoms with Crippen LogP contribution in [0.1, 0.15) is 25.7 Å². The number of quaternary nitrogens is 1. The SMILES string of the molecule is COc1cc([N+](=O)[O-])ccc1NC(=O)C[N+](C)(C)C1CCCC1. The van der Waals surface area contributed by atoms with Gasteiger partial charge in [-0.2, -0.15) is 0 Å². The minimum Gasteiger partial charge on any atom is -0.494 e. The summed E-state index contributed by atoms with van der Waals surface area (Å²) >= 11 is 0. The number of benzene rings is 1. The van der Waals surface area contributed by atoms with Gasteiger partial charge in [-0.25, -0.2) is 0 Å². The van der Waals surface area contributed by atoms with Crippen molar-refractivity contribution in [1.29, 1.82) is 0 Å². The lowest BCUT2D eigenvalue weighted by Crippen LogP contribution is -2.51. The summed E-state index contributed by atoms with van der Waals surface area (Å²) in [6.07, 6.45) is 4.76. The molecule has 0 unspecified atom stereocenters. The highest BCUT2D eigenvalue weighted by molar-refractivity contribution is 5.93. The van der Waals surface area contributed by atoms with Gasteiger partial charge in [-0.15, -0.1) is 0 Å². The average Bonchev–Trinajstić information content (AvgIpc) is 3.01. The zero-order valence-corrected chi connectivity index (χ0v) is 13.9. The Bertz CT molecular complexity index is 595. The van der Waals surface area contributed by atoms with Crippen molar-refractivity contribution in [3.8, 4) is 5.75 Å². The lowest BCUT2D eigenvalue weighted by atomic mass is 10.2. The van der Waals surface area contributed by atoms with E-state index in [4.69, 9.17) is 4.74 Å². The Morgan fingerprint density at radius 3 is 2.61 bits per heavy atom. The van der Waals surface area contributed by atoms with Crippen LogP contribution in [0.15, 0.2) is 18.2 Å². The molecule has 1 aromatic rings. The van der Waals surface area contributed by atoms with Crippen LogP contribution in [0.4, 0.5) is 11.4 Å². The molecular formula is C16H24N3O4+. The number of nitro groups is 1. The topological polar surface area (TPSA) is 81.5 Å². The molecule has 1 N–H and O–H groups in total. The molecule has 1 aliphatic rings. The number of carbonyl (C=O) groups is 1. The summed E-state index contributed by atoms with van der Waals surface area (Å²) < 4.78 is 5.80. The number of anilines is 1. The summed E-state index contributed by atoms with van der Waals surface area (Å²) in [5.41, 5.74) is 0.386. The van der Waals surface area contributed by atoms with Crippen molar-refractivity contribution < 1.29 is 18.9 Å². The van der Waals surface area contributed by atoms with Crippen molar-refractivity contribution in [2.24, 2.45) is 0 Å². The van der Waals surface area contributed by atoms with Gasteiger partial charge in [0, 0.05) is 6.07 Å². The highest BCUT2D eigenvalue weighted by atomic mass is 16.6. The van der Waals surface area contributed by atoms with Gasteiger partial charge in [-0.1, -0.05) is 0 Å². The maximum absolute atomic E-state index is 12.4. The van der Waals surface area contributed by atoms with Gasteiger partial charge >= 0.3 is 0 Å². The molecule has 0 bridgehead atoms. The fourth-order valence-corrected chi connectivity index (χ4v) is 3.19. The number of nitro benzene ring substituents is 1. The Morgan fingerprint density at radius 2 is 2.04 bits per heavy atom. The molecule has 1 fully saturated rings. The second-order valence-electron chi connectivity index (χ2n) is 6.56. The van der Waals surface area contributed by atoms with Gasteiger partial charge in [0.1, 0.15) is 5.75 Å². The van der Waals surface area contributed by atoms with Gasteiger partial charge in [0.2, 0.25) is 0 Å². The Labute approximate surface area is 136 Å². The van der Waals surface area contributed by atoms with Gasteiger partial charge in [0.25, 0.3) is 11.6 Å². The van der Waals surface area contributed by atoms with Crippen LogP contribution in [0, 0.1) is 10.1 Å². The molecule has 0 radical (unpaired) electrons. The van der Waals surface area contributed by atoms with Crippen LogP contribution in [-0.4, -0.2) is 49.1 Å². The molecule has 1 aliphatic carbocycles. The van der Waals surface area contributed by atoms with Crippen LogP contribution in [0.3, 0.4) is 0 Å². The number of amides is 1. The number of hydrogen-bond acceptors (Lipinski definition) is 4. The van der Waals surface area contributed by atoms with Crippen LogP contribution in [0.25, 0.3) is 0 Å². The fourth-order valence-electron chi connectivity index (χ4n) is 3.19. The normalized spacial score (nSPS) is 15.4. The highest BCUT2D eigenvalue weighted by Crippen LogP contribution is 2.30. The maximum Gasteiger partial charge on any atom is 0.279 e. The van der Waals surface area contributed by atoms with Crippen LogP contribution in [-0.2, 0) is 4.79 Å². The van der Waals surface area contributed by atoms with E-state index < -0.39 is 4.92 Å². The zero-order chi connectivity index (χ0) is 17.0. The summed E-state index contributed by atoms with van der Waals surface area (Å²) in [6.45, 7) is 0.366. The molecule has 0 atom stereocenters. The van der Waals surface area contributed by atoms with Gasteiger partial charge in [0.15, 0.2) is 6.54 Å². The summed E-state index contributed by atoms with van der Waals surface area (Å²) in [5.74, 6) is 0.174. The van der Waals surface area contributed by atoms with Crippen molar-refractivity contribution in [2.75, 3.05) is 33.1 Å². The van der Waals surface area contributed by atoms with Crippen LogP contribution < -0.4 is 10.1 Å². The first-order valence-electron chi connectivity index (χ1n) is 7.78. The summed E-state index contributed by atoms with van der Waals surface area (Å²) in [4.78, 5) is 22.7. The summed E-state index contributed by atoms with van der Waals surface area (Å²) in [5, 5.41) is 13.6. The molecule has 0 saturated heterocycles. The fraction of sp³-hybridized carbons (Fsp3) is 0.562. The monoisotopic (exact) mass is 322 g/mol. The molecule has 23 heavy (non-hydrogen) atoms. The van der Waals surface area contributed by atoms with Crippen molar-refractivity contribution in [1.82, 2.24) is 0 Å². The first-order chi connectivity index (χ1) is 10.8. The first kappa shape index (κ1) is 17.2. The van der Waals surface area contributed by atoms with Crippen LogP contribution in [0.2, 0.25) is 0 Å². The molecule has 7 heteroatoms. The highest BCUT2D eigenvalue weighted by Gasteiger charge is 2.33. The second kappa shape index (κ2) is 6.95. The lowest BCUT2D eigenvalue weighted by molar-refractivity contribution is -0.906. The molecule has 1 aromatic carbocycles. The number of nitrogens with one attached hydrogen (secondary N) is 1. The second-order valence-corrected chi connectivity index (χ2v) is 6.56. The van der Waals surface area contributed by atoms with Crippen molar-refractivity contribution in [3.05, 3.63) is 28.3 Å². The number of likely N-dealkylation sites (N-methyl/N-ethyl adjacent to an activating group) is 1. The molecule has 0 aromatic heterocycles. The van der Waals surface area contributed by atoms with Crippen LogP contribution >= 0.6 is 0 Å². The Balaban J connectivity index is 2.06. The van der Waals surface area contributed by atoms with E-state index in [9.17, 15) is 14.9 Å². The number of ether oxygens (including phenoxy) is 1. The minimum atomic E-state index is -0.492. The molecular weight excluding hydrogens is 298 g/mol. The van der Waals surface area contributed by atoms with Crippen molar-refractivity contribution in [3.63, 3.8) is 0 Å². The largest absolute Gasteiger partial charge is 0.494 e. The zero-order valence-electron chi connectivity index (χ0n) is 13.9. The molecule has 7 nitrogen and oxygen atoms in total. The predicted octanol–water partition coefficient (Wildman–Crippen LogP) is 2.56. The van der Waals surface area contributed by atoms with Gasteiger partial charge in [0.05, 0.1) is 43.9 Å². The predicted molar refractivity (Wildman–Crippen MR) is 87.5 cm³/mol. The number of rotatable bonds is 6. The molecule has 0 aliphatic heterocycles. The van der Waals surface area contributed by atoms with Crippen LogP contribution in [0.5, 0.6) is 5.75 Å². The van der Waals surface area contributed by atoms with E-state index in [0.717, 1.165) is 12.8 Å². The number of nitrogens with zero attached hydrogens (tertiary/aromatic N) is 2. The molecule has 1 amide bonds. The number of non-ortho nitro benzene ring substituents is 1.